The number of aryl methyl sites for hydroxylation is 1. The Kier molecular flexibility index (Phi) is 3.73. The lowest BCUT2D eigenvalue weighted by atomic mass is 9.94. The summed E-state index contributed by atoms with van der Waals surface area (Å²) >= 11 is 0. The van der Waals surface area contributed by atoms with E-state index in [0.29, 0.717) is 27.4 Å². The topological polar surface area (TPSA) is 52.0 Å². The van der Waals surface area contributed by atoms with Crippen LogP contribution in [-0.4, -0.2) is 18.0 Å². The molecule has 0 N–H and O–H groups in total. The van der Waals surface area contributed by atoms with Crippen LogP contribution in [0.3, 0.4) is 0 Å². The largest absolute Gasteiger partial charge is 0.294 e. The highest BCUT2D eigenvalue weighted by Gasteiger charge is 2.33. The third-order valence-corrected chi connectivity index (χ3v) is 9.48. The molecule has 0 atom stereocenters. The van der Waals surface area contributed by atoms with Crippen LogP contribution in [0.1, 0.15) is 12.7 Å². The zero-order valence-corrected chi connectivity index (χ0v) is 20.3. The van der Waals surface area contributed by atoms with Gasteiger partial charge in [-0.3, -0.25) is 4.57 Å². The molecule has 1 aromatic heterocycles. The molecule has 0 saturated carbocycles. The first-order valence-electron chi connectivity index (χ1n) is 12.1. The fourth-order valence-electron chi connectivity index (χ4n) is 6.12. The van der Waals surface area contributed by atoms with Gasteiger partial charge < -0.3 is 0 Å². The summed E-state index contributed by atoms with van der Waals surface area (Å²) < 4.78 is 29.7. The maximum Gasteiger partial charge on any atom is 0.210 e. The quantitative estimate of drug-likeness (QED) is 0.261. The highest BCUT2D eigenvalue weighted by molar-refractivity contribution is 7.92. The Morgan fingerprint density at radius 3 is 2.25 bits per heavy atom. The summed E-state index contributed by atoms with van der Waals surface area (Å²) in [5.41, 5.74) is 8.95. The van der Waals surface area contributed by atoms with Gasteiger partial charge in [-0.15, -0.1) is 0 Å². The van der Waals surface area contributed by atoms with Crippen molar-refractivity contribution in [2.75, 3.05) is 0 Å². The number of aromatic nitrogens is 2. The number of rotatable bonds is 2. The molecule has 0 radical (unpaired) electrons. The van der Waals surface area contributed by atoms with Gasteiger partial charge in [-0.25, -0.2) is 13.4 Å². The Hall–Kier alpha value is -4.22. The molecule has 0 saturated heterocycles. The van der Waals surface area contributed by atoms with Crippen LogP contribution in [0.25, 0.3) is 60.9 Å². The fourth-order valence-corrected chi connectivity index (χ4v) is 7.78. The van der Waals surface area contributed by atoms with Gasteiger partial charge in [0.1, 0.15) is 5.82 Å². The van der Waals surface area contributed by atoms with Gasteiger partial charge in [-0.05, 0) is 68.4 Å². The molecule has 2 heterocycles. The molecule has 0 amide bonds. The minimum absolute atomic E-state index is 0.327. The van der Waals surface area contributed by atoms with Crippen LogP contribution in [0, 0.1) is 0 Å². The van der Waals surface area contributed by atoms with Gasteiger partial charge in [-0.2, -0.15) is 0 Å². The van der Waals surface area contributed by atoms with Crippen molar-refractivity contribution in [1.29, 1.82) is 0 Å². The number of sulfone groups is 1. The molecule has 0 unspecified atom stereocenters. The molecule has 172 valence electrons. The summed E-state index contributed by atoms with van der Waals surface area (Å²) in [6.07, 6.45) is 0.713. The second kappa shape index (κ2) is 6.71. The minimum atomic E-state index is -3.69. The summed E-state index contributed by atoms with van der Waals surface area (Å²) in [6, 6.07) is 30.4. The van der Waals surface area contributed by atoms with Crippen molar-refractivity contribution < 1.29 is 8.42 Å². The maximum absolute atomic E-state index is 13.9. The Bertz CT molecular complexity index is 2020. The van der Waals surface area contributed by atoms with Crippen molar-refractivity contribution in [3.63, 3.8) is 0 Å². The Labute approximate surface area is 208 Å². The predicted octanol–water partition coefficient (Wildman–Crippen LogP) is 7.20. The van der Waals surface area contributed by atoms with Crippen molar-refractivity contribution in [2.45, 2.75) is 23.1 Å². The van der Waals surface area contributed by atoms with Gasteiger partial charge in [0.2, 0.25) is 9.84 Å². The van der Waals surface area contributed by atoms with E-state index in [2.05, 4.69) is 54.6 Å². The predicted molar refractivity (Wildman–Crippen MR) is 143 cm³/mol. The number of fused-ring (bicyclic) bond motifs is 5. The molecule has 0 fully saturated rings. The van der Waals surface area contributed by atoms with Crippen molar-refractivity contribution in [3.8, 4) is 39.1 Å². The van der Waals surface area contributed by atoms with E-state index in [4.69, 9.17) is 4.98 Å². The maximum atomic E-state index is 13.9. The average Bonchev–Trinajstić information content (AvgIpc) is 3.45. The van der Waals surface area contributed by atoms with E-state index in [1.165, 1.54) is 27.6 Å². The lowest BCUT2D eigenvalue weighted by molar-refractivity contribution is 0.594. The van der Waals surface area contributed by atoms with Crippen LogP contribution in [-0.2, 0) is 16.3 Å². The van der Waals surface area contributed by atoms with Crippen LogP contribution in [0.15, 0.2) is 101 Å². The molecule has 2 aliphatic rings. The van der Waals surface area contributed by atoms with E-state index in [9.17, 15) is 8.42 Å². The van der Waals surface area contributed by atoms with Crippen LogP contribution < -0.4 is 0 Å². The minimum Gasteiger partial charge on any atom is -0.294 e. The Morgan fingerprint density at radius 1 is 0.722 bits per heavy atom. The molecule has 1 aliphatic heterocycles. The van der Waals surface area contributed by atoms with Crippen molar-refractivity contribution in [3.05, 3.63) is 96.8 Å². The van der Waals surface area contributed by atoms with Crippen molar-refractivity contribution in [1.82, 2.24) is 9.55 Å². The van der Waals surface area contributed by atoms with E-state index >= 15 is 0 Å². The highest BCUT2D eigenvalue weighted by atomic mass is 32.2. The second-order valence-electron chi connectivity index (χ2n) is 9.46. The normalized spacial score (nSPS) is 14.2. The summed E-state index contributed by atoms with van der Waals surface area (Å²) in [5, 5.41) is 2.36. The van der Waals surface area contributed by atoms with Gasteiger partial charge in [0.05, 0.1) is 26.5 Å². The average molecular weight is 485 g/mol. The molecule has 5 aromatic carbocycles. The molecular formula is C31H20N2O2S. The number of hydrogen-bond acceptors (Lipinski definition) is 3. The highest BCUT2D eigenvalue weighted by Crippen LogP contribution is 2.49. The SMILES string of the molecule is CCc1nc2cccc3c2n1-c1ccc(-c2ccc4c5c(cccc25)-c2ccccc2-4)cc1S3(=O)=O. The third-order valence-electron chi connectivity index (χ3n) is 7.66. The first-order chi connectivity index (χ1) is 17.6. The van der Waals surface area contributed by atoms with Crippen LogP contribution in [0.4, 0.5) is 0 Å². The molecule has 1 aliphatic carbocycles. The Balaban J connectivity index is 1.41. The van der Waals surface area contributed by atoms with Gasteiger partial charge >= 0.3 is 0 Å². The molecule has 8 rings (SSSR count). The smallest absolute Gasteiger partial charge is 0.210 e. The standard InChI is InChI=1S/C31H20N2O2S/c1-2-29-32-25-11-6-12-27-31(25)33(29)26-16-13-18(17-28(26)36(27,34)35)19-14-15-24-21-8-4-3-7-20(21)23-10-5-9-22(19)30(23)24/h3-17H,2H2,1H3. The van der Waals surface area contributed by atoms with E-state index in [1.54, 1.807) is 12.1 Å². The molecule has 4 nitrogen and oxygen atoms in total. The van der Waals surface area contributed by atoms with Gasteiger partial charge in [0, 0.05) is 6.42 Å². The molecule has 0 spiro atoms. The van der Waals surface area contributed by atoms with Crippen LogP contribution in [0.2, 0.25) is 0 Å². The molecule has 36 heavy (non-hydrogen) atoms. The number of hydrogen-bond donors (Lipinski definition) is 0. The summed E-state index contributed by atoms with van der Waals surface area (Å²) in [6.45, 7) is 2.05. The van der Waals surface area contributed by atoms with E-state index in [0.717, 1.165) is 27.9 Å². The van der Waals surface area contributed by atoms with Gasteiger partial charge in [-0.1, -0.05) is 73.7 Å². The van der Waals surface area contributed by atoms with Gasteiger partial charge in [0.15, 0.2) is 0 Å². The number of para-hydroxylation sites is 1. The molecule has 5 heteroatoms. The van der Waals surface area contributed by atoms with E-state index < -0.39 is 9.84 Å². The first kappa shape index (κ1) is 20.0. The Morgan fingerprint density at radius 2 is 1.44 bits per heavy atom. The molecular weight excluding hydrogens is 464 g/mol. The summed E-state index contributed by atoms with van der Waals surface area (Å²) in [5.74, 6) is 0.865. The zero-order chi connectivity index (χ0) is 24.2. The number of imidazole rings is 1. The summed E-state index contributed by atoms with van der Waals surface area (Å²) in [4.78, 5) is 5.39. The van der Waals surface area contributed by atoms with E-state index in [-0.39, 0.29) is 0 Å². The van der Waals surface area contributed by atoms with Crippen molar-refractivity contribution in [2.24, 2.45) is 0 Å². The number of benzene rings is 5. The van der Waals surface area contributed by atoms with Crippen LogP contribution in [0.5, 0.6) is 0 Å². The summed E-state index contributed by atoms with van der Waals surface area (Å²) in [7, 11) is -3.69. The third kappa shape index (κ3) is 2.34. The van der Waals surface area contributed by atoms with E-state index in [1.807, 2.05) is 35.8 Å². The second-order valence-corrected chi connectivity index (χ2v) is 11.3. The van der Waals surface area contributed by atoms with Crippen molar-refractivity contribution >= 4 is 31.6 Å². The fraction of sp³-hybridized carbons (Fsp3) is 0.0645. The lowest BCUT2D eigenvalue weighted by Gasteiger charge is -2.22. The number of nitrogens with zero attached hydrogens (tertiary/aromatic N) is 2. The van der Waals surface area contributed by atoms with Crippen LogP contribution >= 0.6 is 0 Å². The molecule has 6 aromatic rings. The zero-order valence-electron chi connectivity index (χ0n) is 19.5. The monoisotopic (exact) mass is 484 g/mol. The first-order valence-corrected chi connectivity index (χ1v) is 13.6. The molecule has 0 bridgehead atoms. The van der Waals surface area contributed by atoms with Gasteiger partial charge in [0.25, 0.3) is 0 Å². The lowest BCUT2D eigenvalue weighted by Crippen LogP contribution is -2.16.